The molecule has 2 aromatic carbocycles. The molecule has 4 rings (SSSR count). The Hall–Kier alpha value is -3.54. The molecule has 0 fully saturated rings. The molecule has 2 aromatic heterocycles. The molecule has 4 aromatic rings. The summed E-state index contributed by atoms with van der Waals surface area (Å²) in [6.45, 7) is 1.55. The summed E-state index contributed by atoms with van der Waals surface area (Å²) in [6.07, 6.45) is 5.16. The van der Waals surface area contributed by atoms with Crippen LogP contribution in [0.1, 0.15) is 17.3 Å². The van der Waals surface area contributed by atoms with Gasteiger partial charge in [-0.05, 0) is 42.8 Å². The van der Waals surface area contributed by atoms with Crippen LogP contribution in [-0.2, 0) is 0 Å². The van der Waals surface area contributed by atoms with Gasteiger partial charge in [-0.1, -0.05) is 12.1 Å². The average Bonchev–Trinajstić information content (AvgIpc) is 3.05. The van der Waals surface area contributed by atoms with E-state index < -0.39 is 0 Å². The van der Waals surface area contributed by atoms with Crippen LogP contribution in [0.4, 0.5) is 5.95 Å². The van der Waals surface area contributed by atoms with Gasteiger partial charge in [-0.15, -0.1) is 0 Å². The van der Waals surface area contributed by atoms with Gasteiger partial charge in [0.15, 0.2) is 5.78 Å². The van der Waals surface area contributed by atoms with Gasteiger partial charge in [-0.25, -0.2) is 15.0 Å². The van der Waals surface area contributed by atoms with Crippen molar-refractivity contribution in [1.29, 1.82) is 0 Å². The fourth-order valence-corrected chi connectivity index (χ4v) is 2.76. The van der Waals surface area contributed by atoms with Crippen LogP contribution in [0.5, 0.6) is 0 Å². The lowest BCUT2D eigenvalue weighted by atomic mass is 10.1. The molecule has 0 radical (unpaired) electrons. The van der Waals surface area contributed by atoms with Gasteiger partial charge in [-0.3, -0.25) is 9.36 Å². The third-order valence-electron chi connectivity index (χ3n) is 4.08. The SMILES string of the molecule is CC(=O)c1ccc2c(c1)ncn2-c1cccc(-c2cnc(N)nc2)c1. The summed E-state index contributed by atoms with van der Waals surface area (Å²) in [5.74, 6) is 0.281. The van der Waals surface area contributed by atoms with Gasteiger partial charge in [0.25, 0.3) is 0 Å². The van der Waals surface area contributed by atoms with Crippen molar-refractivity contribution in [2.75, 3.05) is 5.73 Å². The molecule has 122 valence electrons. The first kappa shape index (κ1) is 15.0. The smallest absolute Gasteiger partial charge is 0.219 e. The van der Waals surface area contributed by atoms with Crippen molar-refractivity contribution in [2.45, 2.75) is 6.92 Å². The van der Waals surface area contributed by atoms with Crippen LogP contribution >= 0.6 is 0 Å². The minimum absolute atomic E-state index is 0.0294. The van der Waals surface area contributed by atoms with E-state index in [2.05, 4.69) is 15.0 Å². The largest absolute Gasteiger partial charge is 0.368 e. The molecule has 25 heavy (non-hydrogen) atoms. The highest BCUT2D eigenvalue weighted by atomic mass is 16.1. The standard InChI is InChI=1S/C19H15N5O/c1-12(25)13-5-6-18-17(8-13)23-11-24(18)16-4-2-3-14(7-16)15-9-21-19(20)22-10-15/h2-11H,1H3,(H2,20,21,22). The minimum atomic E-state index is 0.0294. The van der Waals surface area contributed by atoms with Crippen LogP contribution in [0.3, 0.4) is 0 Å². The number of ketones is 1. The van der Waals surface area contributed by atoms with Crippen LogP contribution < -0.4 is 5.73 Å². The van der Waals surface area contributed by atoms with E-state index in [0.717, 1.165) is 27.8 Å². The highest BCUT2D eigenvalue weighted by molar-refractivity contribution is 5.97. The van der Waals surface area contributed by atoms with Crippen molar-refractivity contribution in [1.82, 2.24) is 19.5 Å². The monoisotopic (exact) mass is 329 g/mol. The topological polar surface area (TPSA) is 86.7 Å². The Labute approximate surface area is 144 Å². The summed E-state index contributed by atoms with van der Waals surface area (Å²) in [4.78, 5) is 24.0. The number of aromatic nitrogens is 4. The van der Waals surface area contributed by atoms with Crippen molar-refractivity contribution in [3.05, 3.63) is 66.7 Å². The zero-order valence-corrected chi connectivity index (χ0v) is 13.5. The molecule has 0 amide bonds. The van der Waals surface area contributed by atoms with E-state index in [1.807, 2.05) is 47.0 Å². The van der Waals surface area contributed by atoms with Crippen LogP contribution in [0, 0.1) is 0 Å². The van der Waals surface area contributed by atoms with Gasteiger partial charge in [0, 0.05) is 29.2 Å². The molecule has 0 unspecified atom stereocenters. The first-order chi connectivity index (χ1) is 12.1. The summed E-state index contributed by atoms with van der Waals surface area (Å²) in [5, 5.41) is 0. The van der Waals surface area contributed by atoms with E-state index in [4.69, 9.17) is 5.73 Å². The number of carbonyl (C=O) groups is 1. The molecule has 0 spiro atoms. The predicted molar refractivity (Wildman–Crippen MR) is 96.5 cm³/mol. The number of nitrogen functional groups attached to an aromatic ring is 1. The lowest BCUT2D eigenvalue weighted by Gasteiger charge is -2.08. The van der Waals surface area contributed by atoms with Crippen molar-refractivity contribution in [3.8, 4) is 16.8 Å². The molecule has 0 bridgehead atoms. The Morgan fingerprint density at radius 2 is 1.80 bits per heavy atom. The fourth-order valence-electron chi connectivity index (χ4n) is 2.76. The Balaban J connectivity index is 1.80. The fraction of sp³-hybridized carbons (Fsp3) is 0.0526. The number of fused-ring (bicyclic) bond motifs is 1. The highest BCUT2D eigenvalue weighted by Crippen LogP contribution is 2.24. The normalized spacial score (nSPS) is 10.9. The van der Waals surface area contributed by atoms with Crippen molar-refractivity contribution < 1.29 is 4.79 Å². The molecule has 0 saturated carbocycles. The Morgan fingerprint density at radius 1 is 1.00 bits per heavy atom. The van der Waals surface area contributed by atoms with Crippen molar-refractivity contribution >= 4 is 22.8 Å². The molecule has 6 nitrogen and oxygen atoms in total. The van der Waals surface area contributed by atoms with Gasteiger partial charge < -0.3 is 5.73 Å². The molecule has 0 aliphatic rings. The molecule has 0 aliphatic heterocycles. The third-order valence-corrected chi connectivity index (χ3v) is 4.08. The highest BCUT2D eigenvalue weighted by Gasteiger charge is 2.09. The first-order valence-electron chi connectivity index (χ1n) is 7.78. The van der Waals surface area contributed by atoms with Crippen molar-refractivity contribution in [2.24, 2.45) is 0 Å². The van der Waals surface area contributed by atoms with E-state index in [1.54, 1.807) is 25.6 Å². The summed E-state index contributed by atoms with van der Waals surface area (Å²) in [6, 6.07) is 13.5. The Morgan fingerprint density at radius 3 is 2.56 bits per heavy atom. The molecule has 0 aliphatic carbocycles. The van der Waals surface area contributed by atoms with E-state index >= 15 is 0 Å². The van der Waals surface area contributed by atoms with Gasteiger partial charge in [0.2, 0.25) is 5.95 Å². The minimum Gasteiger partial charge on any atom is -0.368 e. The number of nitrogens with zero attached hydrogens (tertiary/aromatic N) is 4. The maximum Gasteiger partial charge on any atom is 0.219 e. The Bertz CT molecular complexity index is 1080. The number of hydrogen-bond acceptors (Lipinski definition) is 5. The van der Waals surface area contributed by atoms with E-state index in [-0.39, 0.29) is 11.7 Å². The van der Waals surface area contributed by atoms with Crippen LogP contribution in [-0.4, -0.2) is 25.3 Å². The number of benzene rings is 2. The predicted octanol–water partition coefficient (Wildman–Crippen LogP) is 3.27. The average molecular weight is 329 g/mol. The van der Waals surface area contributed by atoms with Crippen LogP contribution in [0.25, 0.3) is 27.8 Å². The lowest BCUT2D eigenvalue weighted by molar-refractivity contribution is 0.101. The van der Waals surface area contributed by atoms with E-state index in [0.29, 0.717) is 5.56 Å². The summed E-state index contributed by atoms with van der Waals surface area (Å²) in [7, 11) is 0. The zero-order chi connectivity index (χ0) is 17.4. The van der Waals surface area contributed by atoms with Gasteiger partial charge in [-0.2, -0.15) is 0 Å². The first-order valence-corrected chi connectivity index (χ1v) is 7.78. The number of Topliss-reactive ketones (excluding diaryl/α,β-unsaturated/α-hetero) is 1. The summed E-state index contributed by atoms with van der Waals surface area (Å²) in [5.41, 5.74) is 10.8. The van der Waals surface area contributed by atoms with Crippen molar-refractivity contribution in [3.63, 3.8) is 0 Å². The third kappa shape index (κ3) is 2.74. The van der Waals surface area contributed by atoms with Gasteiger partial charge >= 0.3 is 0 Å². The number of rotatable bonds is 3. The quantitative estimate of drug-likeness (QED) is 0.583. The number of hydrogen-bond donors (Lipinski definition) is 1. The van der Waals surface area contributed by atoms with Gasteiger partial charge in [0.1, 0.15) is 6.33 Å². The lowest BCUT2D eigenvalue weighted by Crippen LogP contribution is -1.96. The number of carbonyl (C=O) groups excluding carboxylic acids is 1. The molecule has 0 atom stereocenters. The second-order valence-electron chi connectivity index (χ2n) is 5.75. The number of imidazole rings is 1. The van der Waals surface area contributed by atoms with E-state index in [9.17, 15) is 4.79 Å². The maximum absolute atomic E-state index is 11.5. The van der Waals surface area contributed by atoms with Crippen LogP contribution in [0.2, 0.25) is 0 Å². The molecule has 6 heteroatoms. The maximum atomic E-state index is 11.5. The van der Waals surface area contributed by atoms with Gasteiger partial charge in [0.05, 0.1) is 11.0 Å². The Kier molecular flexibility index (Phi) is 3.50. The molecular formula is C19H15N5O. The zero-order valence-electron chi connectivity index (χ0n) is 13.5. The summed E-state index contributed by atoms with van der Waals surface area (Å²) < 4.78 is 1.99. The summed E-state index contributed by atoms with van der Waals surface area (Å²) >= 11 is 0. The molecular weight excluding hydrogens is 314 g/mol. The number of nitrogens with two attached hydrogens (primary N) is 1. The molecule has 2 N–H and O–H groups in total. The van der Waals surface area contributed by atoms with E-state index in [1.165, 1.54) is 0 Å². The second-order valence-corrected chi connectivity index (χ2v) is 5.75. The molecule has 2 heterocycles. The van der Waals surface area contributed by atoms with Crippen LogP contribution in [0.15, 0.2) is 61.2 Å². The molecule has 0 saturated heterocycles. The number of anilines is 1. The second kappa shape index (κ2) is 5.83.